The maximum absolute atomic E-state index is 10.1. The number of aliphatic carboxylic acids is 1. The Labute approximate surface area is 78.9 Å². The number of carboxylic acid groups (broad SMARTS) is 1. The zero-order chi connectivity index (χ0) is 10.7. The molecule has 72 valence electrons. The Hall–Kier alpha value is -2.35. The molecule has 0 fully saturated rings. The van der Waals surface area contributed by atoms with E-state index in [9.17, 15) is 9.90 Å². The van der Waals surface area contributed by atoms with Crippen molar-refractivity contribution in [1.29, 1.82) is 0 Å². The number of hydrogen-bond donors (Lipinski definition) is 4. The maximum atomic E-state index is 10.1. The van der Waals surface area contributed by atoms with Crippen molar-refractivity contribution in [2.75, 3.05) is 0 Å². The Morgan fingerprint density at radius 3 is 2.36 bits per heavy atom. The lowest BCUT2D eigenvalue weighted by atomic mass is 10.2. The average molecular weight is 194 g/mol. The molecule has 0 aliphatic heterocycles. The molecule has 0 radical (unpaired) electrons. The first kappa shape index (κ1) is 9.74. The van der Waals surface area contributed by atoms with Crippen LogP contribution in [0.1, 0.15) is 5.56 Å². The van der Waals surface area contributed by atoms with E-state index < -0.39 is 23.2 Å². The van der Waals surface area contributed by atoms with Crippen molar-refractivity contribution in [3.05, 3.63) is 17.7 Å². The quantitative estimate of drug-likeness (QED) is 0.350. The Balaban J connectivity index is 3.20. The minimum atomic E-state index is -1.35. The van der Waals surface area contributed by atoms with E-state index in [1.54, 1.807) is 5.92 Å². The van der Waals surface area contributed by atoms with Gasteiger partial charge in [-0.2, -0.15) is 0 Å². The fourth-order valence-electron chi connectivity index (χ4n) is 0.791. The summed E-state index contributed by atoms with van der Waals surface area (Å²) < 4.78 is 0. The molecule has 1 aromatic carbocycles. The summed E-state index contributed by atoms with van der Waals surface area (Å²) in [6.45, 7) is 0. The highest BCUT2D eigenvalue weighted by molar-refractivity contribution is 5.87. The Bertz CT molecular complexity index is 438. The summed E-state index contributed by atoms with van der Waals surface area (Å²) in [6, 6.07) is 2.29. The highest BCUT2D eigenvalue weighted by Crippen LogP contribution is 2.36. The molecule has 1 aromatic rings. The third-order valence-electron chi connectivity index (χ3n) is 1.43. The predicted molar refractivity (Wildman–Crippen MR) is 46.0 cm³/mol. The van der Waals surface area contributed by atoms with Crippen LogP contribution in [-0.4, -0.2) is 26.4 Å². The van der Waals surface area contributed by atoms with Crippen LogP contribution in [0.3, 0.4) is 0 Å². The summed E-state index contributed by atoms with van der Waals surface area (Å²) in [4.78, 5) is 10.1. The largest absolute Gasteiger partial charge is 0.504 e. The van der Waals surface area contributed by atoms with E-state index in [1.165, 1.54) is 6.07 Å². The lowest BCUT2D eigenvalue weighted by Gasteiger charge is -2.01. The van der Waals surface area contributed by atoms with E-state index in [2.05, 4.69) is 5.92 Å². The van der Waals surface area contributed by atoms with E-state index in [0.29, 0.717) is 0 Å². The van der Waals surface area contributed by atoms with Crippen molar-refractivity contribution in [1.82, 2.24) is 0 Å². The summed E-state index contributed by atoms with van der Waals surface area (Å²) in [5.74, 6) is 0.666. The van der Waals surface area contributed by atoms with Gasteiger partial charge in [-0.25, -0.2) is 4.79 Å². The Morgan fingerprint density at radius 2 is 1.79 bits per heavy atom. The fourth-order valence-corrected chi connectivity index (χ4v) is 0.791. The molecule has 0 saturated carbocycles. The standard InChI is InChI=1S/C9H6O5/c10-6-3-1-5(2-4-7(11)12)8(13)9(6)14/h1,3,10,13-14H,(H,11,12). The molecule has 5 nitrogen and oxygen atoms in total. The van der Waals surface area contributed by atoms with Gasteiger partial charge in [0.05, 0.1) is 5.56 Å². The molecule has 0 spiro atoms. The van der Waals surface area contributed by atoms with E-state index >= 15 is 0 Å². The minimum absolute atomic E-state index is 0.0669. The van der Waals surface area contributed by atoms with Gasteiger partial charge >= 0.3 is 5.97 Å². The Kier molecular flexibility index (Phi) is 2.49. The first-order valence-electron chi connectivity index (χ1n) is 3.51. The van der Waals surface area contributed by atoms with Crippen LogP contribution in [0.4, 0.5) is 0 Å². The normalized spacial score (nSPS) is 8.86. The summed E-state index contributed by atoms with van der Waals surface area (Å²) in [5, 5.41) is 35.4. The fraction of sp³-hybridized carbons (Fsp3) is 0. The van der Waals surface area contributed by atoms with Crippen LogP contribution in [0.2, 0.25) is 0 Å². The minimum Gasteiger partial charge on any atom is -0.504 e. The van der Waals surface area contributed by atoms with Crippen LogP contribution in [0.15, 0.2) is 12.1 Å². The molecule has 0 amide bonds. The third-order valence-corrected chi connectivity index (χ3v) is 1.43. The van der Waals surface area contributed by atoms with Crippen molar-refractivity contribution in [2.45, 2.75) is 0 Å². The average Bonchev–Trinajstić information content (AvgIpc) is 2.13. The van der Waals surface area contributed by atoms with Crippen molar-refractivity contribution in [3.63, 3.8) is 0 Å². The van der Waals surface area contributed by atoms with Crippen LogP contribution >= 0.6 is 0 Å². The summed E-state index contributed by atoms with van der Waals surface area (Å²) in [7, 11) is 0. The van der Waals surface area contributed by atoms with Gasteiger partial charge in [0.1, 0.15) is 0 Å². The van der Waals surface area contributed by atoms with Gasteiger partial charge in [-0.3, -0.25) is 0 Å². The number of aromatic hydroxyl groups is 3. The number of hydrogen-bond acceptors (Lipinski definition) is 4. The van der Waals surface area contributed by atoms with Crippen LogP contribution < -0.4 is 0 Å². The van der Waals surface area contributed by atoms with Gasteiger partial charge in [0, 0.05) is 5.92 Å². The number of carbonyl (C=O) groups is 1. The molecule has 0 bridgehead atoms. The van der Waals surface area contributed by atoms with Gasteiger partial charge in [0.15, 0.2) is 11.5 Å². The van der Waals surface area contributed by atoms with E-state index in [4.69, 9.17) is 15.3 Å². The van der Waals surface area contributed by atoms with E-state index in [1.807, 2.05) is 0 Å². The van der Waals surface area contributed by atoms with Gasteiger partial charge in [0.2, 0.25) is 5.75 Å². The molecular formula is C9H6O5. The molecule has 5 heteroatoms. The zero-order valence-corrected chi connectivity index (χ0v) is 6.85. The van der Waals surface area contributed by atoms with Crippen molar-refractivity contribution in [3.8, 4) is 29.1 Å². The molecule has 0 atom stereocenters. The molecule has 0 aliphatic carbocycles. The van der Waals surface area contributed by atoms with Gasteiger partial charge in [-0.1, -0.05) is 5.92 Å². The van der Waals surface area contributed by atoms with Crippen LogP contribution in [0.25, 0.3) is 0 Å². The van der Waals surface area contributed by atoms with Gasteiger partial charge in [0.25, 0.3) is 0 Å². The van der Waals surface area contributed by atoms with Gasteiger partial charge in [-0.05, 0) is 12.1 Å². The van der Waals surface area contributed by atoms with Crippen molar-refractivity contribution < 1.29 is 25.2 Å². The zero-order valence-electron chi connectivity index (χ0n) is 6.85. The molecule has 0 aliphatic rings. The number of phenolic OH excluding ortho intramolecular Hbond substituents is 3. The highest BCUT2D eigenvalue weighted by atomic mass is 16.4. The van der Waals surface area contributed by atoms with Gasteiger partial charge < -0.3 is 20.4 Å². The number of carboxylic acids is 1. The van der Waals surface area contributed by atoms with Gasteiger partial charge in [-0.15, -0.1) is 0 Å². The second kappa shape index (κ2) is 3.58. The second-order valence-electron chi connectivity index (χ2n) is 2.38. The number of rotatable bonds is 0. The Morgan fingerprint density at radius 1 is 1.14 bits per heavy atom. The third kappa shape index (κ3) is 1.87. The first-order chi connectivity index (χ1) is 6.52. The maximum Gasteiger partial charge on any atom is 0.382 e. The number of benzene rings is 1. The summed E-state index contributed by atoms with van der Waals surface area (Å²) >= 11 is 0. The lowest BCUT2D eigenvalue weighted by molar-refractivity contribution is -0.130. The highest BCUT2D eigenvalue weighted by Gasteiger charge is 2.08. The molecule has 0 unspecified atom stereocenters. The molecule has 1 rings (SSSR count). The lowest BCUT2D eigenvalue weighted by Crippen LogP contribution is -1.87. The summed E-state index contributed by atoms with van der Waals surface area (Å²) in [5.41, 5.74) is -0.0669. The van der Waals surface area contributed by atoms with Crippen molar-refractivity contribution >= 4 is 5.97 Å². The van der Waals surface area contributed by atoms with Crippen LogP contribution in [0.5, 0.6) is 17.2 Å². The summed E-state index contributed by atoms with van der Waals surface area (Å²) in [6.07, 6.45) is 0. The first-order valence-corrected chi connectivity index (χ1v) is 3.51. The molecular weight excluding hydrogens is 188 g/mol. The predicted octanol–water partition coefficient (Wildman–Crippen LogP) is 0.239. The topological polar surface area (TPSA) is 98.0 Å². The molecule has 0 saturated heterocycles. The van der Waals surface area contributed by atoms with E-state index in [0.717, 1.165) is 6.07 Å². The SMILES string of the molecule is O=C(O)C#Cc1ccc(O)c(O)c1O. The second-order valence-corrected chi connectivity index (χ2v) is 2.38. The molecule has 0 aromatic heterocycles. The van der Waals surface area contributed by atoms with E-state index in [-0.39, 0.29) is 5.56 Å². The smallest absolute Gasteiger partial charge is 0.382 e. The van der Waals surface area contributed by atoms with Crippen LogP contribution in [-0.2, 0) is 4.79 Å². The monoisotopic (exact) mass is 194 g/mol. The van der Waals surface area contributed by atoms with Crippen LogP contribution in [0, 0.1) is 11.8 Å². The molecule has 0 heterocycles. The van der Waals surface area contributed by atoms with Crippen molar-refractivity contribution in [2.24, 2.45) is 0 Å². The molecule has 4 N–H and O–H groups in total. The number of phenols is 3. The molecule has 14 heavy (non-hydrogen) atoms.